The molecule has 1 aliphatic heterocycles. The minimum atomic E-state index is 0.0405. The lowest BCUT2D eigenvalue weighted by Gasteiger charge is -2.32. The Morgan fingerprint density at radius 1 is 1.16 bits per heavy atom. The largest absolute Gasteiger partial charge is 0.353 e. The molecule has 162 valence electrons. The van der Waals surface area contributed by atoms with Crippen molar-refractivity contribution in [3.63, 3.8) is 0 Å². The molecule has 3 heterocycles. The molecule has 1 amide bonds. The zero-order valence-corrected chi connectivity index (χ0v) is 18.5. The summed E-state index contributed by atoms with van der Waals surface area (Å²) in [7, 11) is 0. The Morgan fingerprint density at radius 2 is 2.00 bits per heavy atom. The number of rotatable bonds is 7. The number of halogens is 2. The van der Waals surface area contributed by atoms with Crippen LogP contribution >= 0.6 is 23.2 Å². The number of benzene rings is 1. The van der Waals surface area contributed by atoms with Gasteiger partial charge in [0.1, 0.15) is 11.5 Å². The summed E-state index contributed by atoms with van der Waals surface area (Å²) in [5, 5.41) is 11.4. The molecular formula is C22H24Cl2N6O. The van der Waals surface area contributed by atoms with Crippen molar-refractivity contribution in [2.45, 2.75) is 38.3 Å². The highest BCUT2D eigenvalue weighted by Gasteiger charge is 2.21. The molecule has 4 rings (SSSR count). The molecule has 1 aromatic carbocycles. The molecule has 2 N–H and O–H groups in total. The van der Waals surface area contributed by atoms with Gasteiger partial charge in [-0.15, -0.1) is 0 Å². The van der Waals surface area contributed by atoms with Crippen molar-refractivity contribution in [1.29, 1.82) is 0 Å². The zero-order valence-electron chi connectivity index (χ0n) is 17.0. The van der Waals surface area contributed by atoms with E-state index in [1.165, 1.54) is 0 Å². The van der Waals surface area contributed by atoms with Crippen molar-refractivity contribution >= 4 is 29.1 Å². The van der Waals surface area contributed by atoms with E-state index in [0.29, 0.717) is 40.2 Å². The average Bonchev–Trinajstić information content (AvgIpc) is 3.26. The minimum absolute atomic E-state index is 0.0405. The van der Waals surface area contributed by atoms with Gasteiger partial charge in [0.25, 0.3) is 0 Å². The number of hydrogen-bond acceptors (Lipinski definition) is 5. The van der Waals surface area contributed by atoms with Crippen molar-refractivity contribution < 1.29 is 4.79 Å². The first kappa shape index (κ1) is 21.7. The van der Waals surface area contributed by atoms with Gasteiger partial charge in [0, 0.05) is 44.7 Å². The maximum atomic E-state index is 12.4. The molecule has 0 radical (unpaired) electrons. The zero-order chi connectivity index (χ0) is 21.6. The number of aromatic nitrogens is 4. The molecule has 1 fully saturated rings. The maximum Gasteiger partial charge on any atom is 0.220 e. The predicted octanol–water partition coefficient (Wildman–Crippen LogP) is 3.89. The number of aryl methyl sites for hydroxylation is 1. The molecule has 0 saturated carbocycles. The predicted molar refractivity (Wildman–Crippen MR) is 121 cm³/mol. The molecule has 31 heavy (non-hydrogen) atoms. The van der Waals surface area contributed by atoms with Crippen molar-refractivity contribution in [2.24, 2.45) is 0 Å². The number of aromatic amines is 1. The SMILES string of the molecule is O=C(CCc1nc(-c2ccccn2)n[nH]1)NC1CCN(Cc2ccc(Cl)c(Cl)c2)CC1. The van der Waals surface area contributed by atoms with E-state index in [1.54, 1.807) is 6.20 Å². The molecular weight excluding hydrogens is 435 g/mol. The Hall–Kier alpha value is -2.48. The first-order chi connectivity index (χ1) is 15.1. The molecule has 1 saturated heterocycles. The number of likely N-dealkylation sites (tertiary alicyclic amines) is 1. The quantitative estimate of drug-likeness (QED) is 0.560. The van der Waals surface area contributed by atoms with E-state index in [4.69, 9.17) is 23.2 Å². The highest BCUT2D eigenvalue weighted by molar-refractivity contribution is 6.42. The fraction of sp³-hybridized carbons (Fsp3) is 0.364. The van der Waals surface area contributed by atoms with Crippen LogP contribution in [0.25, 0.3) is 11.5 Å². The summed E-state index contributed by atoms with van der Waals surface area (Å²) in [6, 6.07) is 11.6. The van der Waals surface area contributed by atoms with Crippen molar-refractivity contribution in [2.75, 3.05) is 13.1 Å². The van der Waals surface area contributed by atoms with E-state index < -0.39 is 0 Å². The van der Waals surface area contributed by atoms with Crippen LogP contribution in [0.1, 0.15) is 30.7 Å². The third kappa shape index (κ3) is 6.03. The number of amides is 1. The molecule has 7 nitrogen and oxygen atoms in total. The summed E-state index contributed by atoms with van der Waals surface area (Å²) in [6.07, 6.45) is 4.45. The van der Waals surface area contributed by atoms with Crippen LogP contribution in [-0.2, 0) is 17.8 Å². The fourth-order valence-corrected chi connectivity index (χ4v) is 4.00. The highest BCUT2D eigenvalue weighted by Crippen LogP contribution is 2.24. The number of nitrogens with one attached hydrogen (secondary N) is 2. The van der Waals surface area contributed by atoms with Crippen LogP contribution in [0.2, 0.25) is 10.0 Å². The summed E-state index contributed by atoms with van der Waals surface area (Å²) >= 11 is 12.1. The van der Waals surface area contributed by atoms with Gasteiger partial charge < -0.3 is 5.32 Å². The Bertz CT molecular complexity index is 1020. The van der Waals surface area contributed by atoms with E-state index in [9.17, 15) is 4.79 Å². The Morgan fingerprint density at radius 3 is 2.74 bits per heavy atom. The Labute approximate surface area is 191 Å². The van der Waals surface area contributed by atoms with Crippen LogP contribution in [0.3, 0.4) is 0 Å². The van der Waals surface area contributed by atoms with Gasteiger partial charge in [0.2, 0.25) is 5.91 Å². The van der Waals surface area contributed by atoms with Gasteiger partial charge >= 0.3 is 0 Å². The van der Waals surface area contributed by atoms with Crippen molar-refractivity contribution in [3.8, 4) is 11.5 Å². The molecule has 1 aliphatic rings. The minimum Gasteiger partial charge on any atom is -0.353 e. The van der Waals surface area contributed by atoms with Gasteiger partial charge in [-0.05, 0) is 42.7 Å². The third-order valence-electron chi connectivity index (χ3n) is 5.36. The summed E-state index contributed by atoms with van der Waals surface area (Å²) < 4.78 is 0. The van der Waals surface area contributed by atoms with E-state index in [0.717, 1.165) is 38.0 Å². The standard InChI is InChI=1S/C22H24Cl2N6O/c23-17-5-4-15(13-18(17)24)14-30-11-8-16(9-12-30)26-21(31)7-6-20-27-22(29-28-20)19-3-1-2-10-25-19/h1-5,10,13,16H,6-9,11-12,14H2,(H,26,31)(H,27,28,29). The average molecular weight is 459 g/mol. The van der Waals surface area contributed by atoms with Crippen LogP contribution < -0.4 is 5.32 Å². The molecule has 9 heteroatoms. The first-order valence-corrected chi connectivity index (χ1v) is 11.1. The van der Waals surface area contributed by atoms with Crippen LogP contribution in [0.5, 0.6) is 0 Å². The normalized spacial score (nSPS) is 15.2. The molecule has 0 aliphatic carbocycles. The number of carbonyl (C=O) groups is 1. The van der Waals surface area contributed by atoms with Crippen molar-refractivity contribution in [1.82, 2.24) is 30.4 Å². The summed E-state index contributed by atoms with van der Waals surface area (Å²) in [6.45, 7) is 2.70. The van der Waals surface area contributed by atoms with Gasteiger partial charge in [0.15, 0.2) is 5.82 Å². The summed E-state index contributed by atoms with van der Waals surface area (Å²) in [5.74, 6) is 1.27. The van der Waals surface area contributed by atoms with Gasteiger partial charge in [-0.2, -0.15) is 5.10 Å². The molecule has 0 unspecified atom stereocenters. The Balaban J connectivity index is 1.19. The molecule has 2 aromatic heterocycles. The van der Waals surface area contributed by atoms with Gasteiger partial charge in [-0.1, -0.05) is 35.3 Å². The lowest BCUT2D eigenvalue weighted by Crippen LogP contribution is -2.44. The molecule has 3 aromatic rings. The van der Waals surface area contributed by atoms with Crippen molar-refractivity contribution in [3.05, 3.63) is 64.0 Å². The van der Waals surface area contributed by atoms with E-state index in [2.05, 4.69) is 30.4 Å². The van der Waals surface area contributed by atoms with E-state index >= 15 is 0 Å². The second kappa shape index (κ2) is 10.2. The maximum absolute atomic E-state index is 12.4. The van der Waals surface area contributed by atoms with E-state index in [1.807, 2.05) is 36.4 Å². The van der Waals surface area contributed by atoms with Crippen LogP contribution in [0, 0.1) is 0 Å². The monoisotopic (exact) mass is 458 g/mol. The lowest BCUT2D eigenvalue weighted by atomic mass is 10.0. The summed E-state index contributed by atoms with van der Waals surface area (Å²) in [4.78, 5) is 23.4. The Kier molecular flexibility index (Phi) is 7.17. The second-order valence-electron chi connectivity index (χ2n) is 7.69. The second-order valence-corrected chi connectivity index (χ2v) is 8.50. The van der Waals surface area contributed by atoms with Crippen LogP contribution in [0.15, 0.2) is 42.6 Å². The number of piperidine rings is 1. The number of pyridine rings is 1. The number of nitrogens with zero attached hydrogens (tertiary/aromatic N) is 4. The number of carbonyl (C=O) groups excluding carboxylic acids is 1. The van der Waals surface area contributed by atoms with Crippen LogP contribution in [-0.4, -0.2) is 50.1 Å². The fourth-order valence-electron chi connectivity index (χ4n) is 3.68. The van der Waals surface area contributed by atoms with Gasteiger partial charge in [0.05, 0.1) is 10.0 Å². The van der Waals surface area contributed by atoms with Crippen LogP contribution in [0.4, 0.5) is 0 Å². The third-order valence-corrected chi connectivity index (χ3v) is 6.10. The first-order valence-electron chi connectivity index (χ1n) is 10.3. The van der Waals surface area contributed by atoms with Gasteiger partial charge in [-0.25, -0.2) is 4.98 Å². The number of hydrogen-bond donors (Lipinski definition) is 2. The molecule has 0 spiro atoms. The number of H-pyrrole nitrogens is 1. The van der Waals surface area contributed by atoms with E-state index in [-0.39, 0.29) is 11.9 Å². The molecule has 0 bridgehead atoms. The summed E-state index contributed by atoms with van der Waals surface area (Å²) in [5.41, 5.74) is 1.86. The molecule has 0 atom stereocenters. The lowest BCUT2D eigenvalue weighted by molar-refractivity contribution is -0.122. The highest BCUT2D eigenvalue weighted by atomic mass is 35.5. The topological polar surface area (TPSA) is 86.8 Å². The smallest absolute Gasteiger partial charge is 0.220 e. The van der Waals surface area contributed by atoms with Gasteiger partial charge in [-0.3, -0.25) is 19.8 Å².